The molecule has 19 heteroatoms. The molecular weight excluding hydrogens is 901 g/mol. The van der Waals surface area contributed by atoms with Crippen molar-refractivity contribution in [1.82, 2.24) is 5.32 Å². The number of hydrogen-bond donors (Lipinski definition) is 13. The van der Waals surface area contributed by atoms with E-state index in [0.717, 1.165) is 0 Å². The number of allylic oxidation sites excluding steroid dienone is 12. The minimum absolute atomic E-state index is 0.0571. The molecule has 0 aliphatic carbocycles. The molecule has 0 unspecified atom stereocenters. The number of aliphatic hydroxyl groups is 11. The van der Waals surface area contributed by atoms with E-state index < -0.39 is 140 Å². The lowest BCUT2D eigenvalue weighted by Crippen LogP contribution is -2.62. The average Bonchev–Trinajstić information content (AvgIpc) is 3.27. The first kappa shape index (κ1) is 59.8. The van der Waals surface area contributed by atoms with Gasteiger partial charge in [0.1, 0.15) is 12.2 Å². The molecule has 19 atom stereocenters. The summed E-state index contributed by atoms with van der Waals surface area (Å²) in [5.41, 5.74) is 6.08. The van der Waals surface area contributed by atoms with Gasteiger partial charge in [-0.3, -0.25) is 9.59 Å². The van der Waals surface area contributed by atoms with Gasteiger partial charge in [-0.2, -0.15) is 0 Å². The van der Waals surface area contributed by atoms with Gasteiger partial charge < -0.3 is 86.2 Å². The topological polar surface area (TPSA) is 332 Å². The van der Waals surface area contributed by atoms with Gasteiger partial charge in [0.15, 0.2) is 12.1 Å². The lowest BCUT2D eigenvalue weighted by Gasteiger charge is -2.46. The smallest absolute Gasteiger partial charge is 0.308 e. The van der Waals surface area contributed by atoms with E-state index in [1.165, 1.54) is 0 Å². The fraction of sp³-hybridized carbons (Fsp3) is 0.680. The Morgan fingerprint density at radius 2 is 1.28 bits per heavy atom. The van der Waals surface area contributed by atoms with Crippen LogP contribution in [0.15, 0.2) is 85.1 Å². The van der Waals surface area contributed by atoms with Gasteiger partial charge in [0.2, 0.25) is 5.91 Å². The Labute approximate surface area is 405 Å². The van der Waals surface area contributed by atoms with Crippen LogP contribution < -0.4 is 11.1 Å². The molecule has 0 radical (unpaired) electrons. The molecule has 0 saturated carbocycles. The van der Waals surface area contributed by atoms with Gasteiger partial charge in [-0.15, -0.1) is 0 Å². The number of esters is 1. The van der Waals surface area contributed by atoms with Crippen LogP contribution in [0.4, 0.5) is 0 Å². The zero-order valence-corrected chi connectivity index (χ0v) is 40.2. The average molecular weight is 981 g/mol. The summed E-state index contributed by atoms with van der Waals surface area (Å²) in [5.74, 6) is -5.78. The highest BCUT2D eigenvalue weighted by Gasteiger charge is 2.51. The first-order chi connectivity index (χ1) is 32.7. The van der Waals surface area contributed by atoms with E-state index in [4.69, 9.17) is 24.7 Å². The second-order valence-corrected chi connectivity index (χ2v) is 18.6. The van der Waals surface area contributed by atoms with E-state index in [-0.39, 0.29) is 57.6 Å². The molecule has 1 amide bonds. The molecule has 392 valence electrons. The third-order valence-electron chi connectivity index (χ3n) is 12.7. The molecule has 0 aromatic rings. The Balaban J connectivity index is 1.92. The largest absolute Gasteiger partial charge is 0.462 e. The Hall–Kier alpha value is -3.48. The summed E-state index contributed by atoms with van der Waals surface area (Å²) in [6.45, 7) is 6.61. The molecule has 0 aromatic heterocycles. The van der Waals surface area contributed by atoms with Gasteiger partial charge in [-0.05, 0) is 46.0 Å². The van der Waals surface area contributed by atoms with Crippen LogP contribution in [0.5, 0.6) is 0 Å². The van der Waals surface area contributed by atoms with Crippen molar-refractivity contribution in [1.29, 1.82) is 0 Å². The summed E-state index contributed by atoms with van der Waals surface area (Å²) in [6, 6.07) is -1.14. The number of carbonyl (C=O) groups is 2. The van der Waals surface area contributed by atoms with Gasteiger partial charge in [-0.1, -0.05) is 98.9 Å². The van der Waals surface area contributed by atoms with Crippen molar-refractivity contribution in [3.05, 3.63) is 85.1 Å². The molecule has 0 aromatic carbocycles. The number of nitrogens with two attached hydrogens (primary N) is 1. The Bertz CT molecular complexity index is 1740. The van der Waals surface area contributed by atoms with Crippen molar-refractivity contribution in [3.8, 4) is 0 Å². The van der Waals surface area contributed by atoms with Crippen LogP contribution in [-0.4, -0.2) is 179 Å². The summed E-state index contributed by atoms with van der Waals surface area (Å²) >= 11 is 0. The fourth-order valence-corrected chi connectivity index (χ4v) is 8.38. The summed E-state index contributed by atoms with van der Waals surface area (Å²) in [4.78, 5) is 26.3. The van der Waals surface area contributed by atoms with Gasteiger partial charge >= 0.3 is 5.97 Å². The SMILES string of the molecule is C[C@@H]1[C@H](O)[C@@H](C)/C=C/C=C/C=C/C=C/C=C/C=C/C=C/[C@H](O[C@@H]2O[C@H](C)[C@@H](O)[C@H](N)[C@@H]2O)C[C@@H]2O[C@](O)(C[C@@H](O)[C@H](O)CC[C@@H](O)C[C@@H](O)C[C@@H](O)CC(=O)O[C@H]1C)C[C@H](O)[C@H]2C(=O)NCCCO. The normalized spacial score (nSPS) is 43.5. The lowest BCUT2D eigenvalue weighted by atomic mass is 9.82. The number of amides is 1. The Kier molecular flexibility index (Phi) is 26.4. The molecule has 2 fully saturated rings. The molecule has 3 aliphatic heterocycles. The van der Waals surface area contributed by atoms with Crippen molar-refractivity contribution >= 4 is 11.9 Å². The van der Waals surface area contributed by atoms with Gasteiger partial charge in [0.05, 0.1) is 85.5 Å². The van der Waals surface area contributed by atoms with Crippen LogP contribution in [0.2, 0.25) is 0 Å². The highest BCUT2D eigenvalue weighted by molar-refractivity contribution is 5.80. The summed E-state index contributed by atoms with van der Waals surface area (Å²) in [5, 5.41) is 121. The van der Waals surface area contributed by atoms with E-state index in [9.17, 15) is 65.8 Å². The maximum Gasteiger partial charge on any atom is 0.308 e. The number of aliphatic hydroxyl groups excluding tert-OH is 10. The maximum atomic E-state index is 13.6. The van der Waals surface area contributed by atoms with E-state index in [0.29, 0.717) is 0 Å². The van der Waals surface area contributed by atoms with Crippen LogP contribution in [0.3, 0.4) is 0 Å². The van der Waals surface area contributed by atoms with Gasteiger partial charge in [0, 0.05) is 44.2 Å². The van der Waals surface area contributed by atoms with Gasteiger partial charge in [-0.25, -0.2) is 0 Å². The van der Waals surface area contributed by atoms with Crippen LogP contribution in [0.1, 0.15) is 85.5 Å². The number of ether oxygens (including phenoxy) is 4. The monoisotopic (exact) mass is 981 g/mol. The predicted molar refractivity (Wildman–Crippen MR) is 254 cm³/mol. The quantitative estimate of drug-likeness (QED) is 0.124. The first-order valence-corrected chi connectivity index (χ1v) is 24.0. The highest BCUT2D eigenvalue weighted by Crippen LogP contribution is 2.38. The minimum atomic E-state index is -2.32. The summed E-state index contributed by atoms with van der Waals surface area (Å²) < 4.78 is 23.6. The third-order valence-corrected chi connectivity index (χ3v) is 12.7. The predicted octanol–water partition coefficient (Wildman–Crippen LogP) is 0.126. The first-order valence-electron chi connectivity index (χ1n) is 24.0. The molecule has 3 aliphatic rings. The molecule has 2 bridgehead atoms. The van der Waals surface area contributed by atoms with Crippen molar-refractivity contribution in [2.24, 2.45) is 23.5 Å². The zero-order chi connectivity index (χ0) is 51.3. The van der Waals surface area contributed by atoms with Crippen molar-refractivity contribution in [2.75, 3.05) is 13.2 Å². The molecular formula is C50H80N2O17. The molecule has 14 N–H and O–H groups in total. The van der Waals surface area contributed by atoms with Crippen molar-refractivity contribution in [3.63, 3.8) is 0 Å². The summed E-state index contributed by atoms with van der Waals surface area (Å²) in [7, 11) is 0. The van der Waals surface area contributed by atoms with Crippen LogP contribution in [-0.2, 0) is 28.5 Å². The van der Waals surface area contributed by atoms with Crippen LogP contribution in [0.25, 0.3) is 0 Å². The second kappa shape index (κ2) is 30.4. The molecule has 19 nitrogen and oxygen atoms in total. The van der Waals surface area contributed by atoms with E-state index in [1.54, 1.807) is 75.5 Å². The zero-order valence-electron chi connectivity index (χ0n) is 40.2. The summed E-state index contributed by atoms with van der Waals surface area (Å²) in [6.07, 6.45) is 4.57. The lowest BCUT2D eigenvalue weighted by molar-refractivity contribution is -0.308. The number of carbonyl (C=O) groups excluding carboxylic acids is 2. The third kappa shape index (κ3) is 20.6. The van der Waals surface area contributed by atoms with E-state index >= 15 is 0 Å². The number of cyclic esters (lactones) is 1. The molecule has 3 rings (SSSR count). The minimum Gasteiger partial charge on any atom is -0.462 e. The highest BCUT2D eigenvalue weighted by atomic mass is 16.7. The second-order valence-electron chi connectivity index (χ2n) is 18.6. The van der Waals surface area contributed by atoms with Crippen LogP contribution in [0, 0.1) is 17.8 Å². The number of nitrogens with one attached hydrogen (secondary N) is 1. The molecule has 69 heavy (non-hydrogen) atoms. The number of hydrogen-bond acceptors (Lipinski definition) is 18. The van der Waals surface area contributed by atoms with Crippen molar-refractivity contribution in [2.45, 2.75) is 183 Å². The Morgan fingerprint density at radius 3 is 1.88 bits per heavy atom. The van der Waals surface area contributed by atoms with Crippen LogP contribution >= 0.6 is 0 Å². The Morgan fingerprint density at radius 1 is 0.710 bits per heavy atom. The molecule has 3 heterocycles. The molecule has 0 spiro atoms. The standard InChI is InChI=1S/C50H80N2O17/c1-30-18-15-13-11-9-7-5-6-8-10-12-14-16-19-37(68-49-47(63)44(51)46(62)33(4)67-49)27-41-43(48(64)52-22-17-23-53)40(59)29-50(65,69-41)28-39(58)38(57)21-20-34(54)24-35(55)25-36(56)26-42(60)66-32(3)31(2)45(30)61/h5-16,18-19,30-41,43-47,49,53-59,61-63,65H,17,20-29,51H2,1-4H3,(H,52,64)/b6-5+,9-7+,10-8+,13-11+,14-12+,18-15+,19-16+/t30-,31-,32-,33+,34+,35+,36+,37-,38+,39+,40-,41-,43+,44-,45+,46+,47-,49-,50+/m0/s1. The van der Waals surface area contributed by atoms with E-state index in [1.807, 2.05) is 37.3 Å². The number of fused-ring (bicyclic) bond motifs is 2. The number of rotatable bonds is 6. The van der Waals surface area contributed by atoms with Crippen molar-refractivity contribution < 1.29 is 84.7 Å². The van der Waals surface area contributed by atoms with E-state index in [2.05, 4.69) is 5.32 Å². The fourth-order valence-electron chi connectivity index (χ4n) is 8.38. The van der Waals surface area contributed by atoms with Gasteiger partial charge in [0.25, 0.3) is 0 Å². The molecule has 2 saturated heterocycles. The maximum absolute atomic E-state index is 13.6.